The van der Waals surface area contributed by atoms with E-state index < -0.39 is 0 Å². The molecule has 0 aliphatic rings. The molecule has 0 spiro atoms. The van der Waals surface area contributed by atoms with Crippen LogP contribution in [0.5, 0.6) is 0 Å². The number of pyridine rings is 1. The summed E-state index contributed by atoms with van der Waals surface area (Å²) in [5.41, 5.74) is 6.15. The number of hydrogen-bond donors (Lipinski definition) is 3. The summed E-state index contributed by atoms with van der Waals surface area (Å²) in [5.74, 6) is 0.588. The van der Waals surface area contributed by atoms with Gasteiger partial charge in [-0.25, -0.2) is 0 Å². The van der Waals surface area contributed by atoms with Crippen molar-refractivity contribution in [3.05, 3.63) is 29.6 Å². The maximum Gasteiger partial charge on any atom is 0.269 e. The van der Waals surface area contributed by atoms with Gasteiger partial charge in [-0.3, -0.25) is 9.78 Å². The molecule has 1 aromatic rings. The normalized spacial score (nSPS) is 11.2. The monoisotopic (exact) mass is 254 g/mol. The highest BCUT2D eigenvalue weighted by molar-refractivity contribution is 7.98. The minimum atomic E-state index is -0.231. The van der Waals surface area contributed by atoms with Gasteiger partial charge in [0.05, 0.1) is 0 Å². The molecule has 0 aromatic carbocycles. The Kier molecular flexibility index (Phi) is 5.28. The zero-order valence-electron chi connectivity index (χ0n) is 9.38. The number of amidine groups is 1. The highest BCUT2D eigenvalue weighted by atomic mass is 32.2. The molecule has 0 fully saturated rings. The molecule has 0 aliphatic carbocycles. The molecule has 4 N–H and O–H groups in total. The summed E-state index contributed by atoms with van der Waals surface area (Å²) in [6.07, 6.45) is 3.36. The predicted octanol–water partition coefficient (Wildman–Crippen LogP) is 0.269. The minimum Gasteiger partial charge on any atom is -0.409 e. The Balaban J connectivity index is 2.64. The van der Waals surface area contributed by atoms with Gasteiger partial charge in [0.15, 0.2) is 5.84 Å². The Morgan fingerprint density at radius 3 is 2.94 bits per heavy atom. The predicted molar refractivity (Wildman–Crippen MR) is 67.5 cm³/mol. The van der Waals surface area contributed by atoms with Gasteiger partial charge in [-0.1, -0.05) is 5.16 Å². The molecule has 0 saturated heterocycles. The first-order valence-corrected chi connectivity index (χ1v) is 6.29. The van der Waals surface area contributed by atoms with Crippen molar-refractivity contribution in [2.45, 2.75) is 0 Å². The fraction of sp³-hybridized carbons (Fsp3) is 0.300. The molecule has 17 heavy (non-hydrogen) atoms. The van der Waals surface area contributed by atoms with E-state index in [1.165, 1.54) is 12.3 Å². The van der Waals surface area contributed by atoms with Crippen molar-refractivity contribution < 1.29 is 10.0 Å². The van der Waals surface area contributed by atoms with E-state index in [1.807, 2.05) is 6.26 Å². The first-order valence-electron chi connectivity index (χ1n) is 4.90. The summed E-state index contributed by atoms with van der Waals surface area (Å²) < 4.78 is 0. The number of nitrogens with two attached hydrogens (primary N) is 1. The Labute approximate surface area is 103 Å². The zero-order chi connectivity index (χ0) is 12.7. The summed E-state index contributed by atoms with van der Waals surface area (Å²) in [6, 6.07) is 3.10. The molecule has 0 aliphatic heterocycles. The number of nitrogens with zero attached hydrogens (tertiary/aromatic N) is 2. The third-order valence-corrected chi connectivity index (χ3v) is 2.60. The number of oxime groups is 1. The standard InChI is InChI=1S/C10H14N4O2S/c1-17-5-4-12-10(15)8-3-2-7(6-13-8)9(11)14-16/h2-3,6,16H,4-5H2,1H3,(H2,11,14)(H,12,15). The number of carbonyl (C=O) groups is 1. The second kappa shape index (κ2) is 6.74. The van der Waals surface area contributed by atoms with Crippen molar-refractivity contribution in [3.63, 3.8) is 0 Å². The van der Waals surface area contributed by atoms with Crippen LogP contribution in [0.1, 0.15) is 16.1 Å². The summed E-state index contributed by atoms with van der Waals surface area (Å²) in [4.78, 5) is 15.5. The quantitative estimate of drug-likeness (QED) is 0.230. The van der Waals surface area contributed by atoms with E-state index in [1.54, 1.807) is 17.8 Å². The van der Waals surface area contributed by atoms with E-state index in [0.29, 0.717) is 17.8 Å². The van der Waals surface area contributed by atoms with E-state index in [2.05, 4.69) is 15.5 Å². The number of rotatable bonds is 5. The fourth-order valence-corrected chi connectivity index (χ4v) is 1.40. The molecule has 1 heterocycles. The van der Waals surface area contributed by atoms with Crippen molar-refractivity contribution in [2.24, 2.45) is 10.9 Å². The molecule has 1 aromatic heterocycles. The van der Waals surface area contributed by atoms with Gasteiger partial charge in [-0.2, -0.15) is 11.8 Å². The molecule has 0 atom stereocenters. The first kappa shape index (κ1) is 13.3. The van der Waals surface area contributed by atoms with Gasteiger partial charge in [-0.15, -0.1) is 0 Å². The lowest BCUT2D eigenvalue weighted by Gasteiger charge is -2.04. The molecule has 1 amide bonds. The second-order valence-electron chi connectivity index (χ2n) is 3.17. The number of hydrogen-bond acceptors (Lipinski definition) is 5. The van der Waals surface area contributed by atoms with E-state index in [9.17, 15) is 4.79 Å². The Morgan fingerprint density at radius 2 is 2.41 bits per heavy atom. The van der Waals surface area contributed by atoms with Crippen molar-refractivity contribution in [2.75, 3.05) is 18.6 Å². The molecule has 0 unspecified atom stereocenters. The van der Waals surface area contributed by atoms with Gasteiger partial charge in [0.1, 0.15) is 5.69 Å². The van der Waals surface area contributed by atoms with Crippen molar-refractivity contribution in [1.29, 1.82) is 0 Å². The Bertz CT molecular complexity index is 405. The smallest absolute Gasteiger partial charge is 0.269 e. The highest BCUT2D eigenvalue weighted by Gasteiger charge is 2.07. The molecule has 1 rings (SSSR count). The van der Waals surface area contributed by atoms with Gasteiger partial charge in [0, 0.05) is 24.1 Å². The lowest BCUT2D eigenvalue weighted by atomic mass is 10.2. The van der Waals surface area contributed by atoms with Crippen LogP contribution in [0.4, 0.5) is 0 Å². The molecule has 7 heteroatoms. The van der Waals surface area contributed by atoms with Crippen LogP contribution < -0.4 is 11.1 Å². The lowest BCUT2D eigenvalue weighted by molar-refractivity contribution is 0.0951. The van der Waals surface area contributed by atoms with E-state index >= 15 is 0 Å². The molecule has 0 saturated carbocycles. The number of thioether (sulfide) groups is 1. The Morgan fingerprint density at radius 1 is 1.65 bits per heavy atom. The zero-order valence-corrected chi connectivity index (χ0v) is 10.2. The fourth-order valence-electron chi connectivity index (χ4n) is 1.09. The second-order valence-corrected chi connectivity index (χ2v) is 4.15. The third-order valence-electron chi connectivity index (χ3n) is 1.99. The summed E-state index contributed by atoms with van der Waals surface area (Å²) in [5, 5.41) is 14.0. The summed E-state index contributed by atoms with van der Waals surface area (Å²) in [7, 11) is 0. The minimum absolute atomic E-state index is 0.0353. The average Bonchev–Trinajstić information content (AvgIpc) is 2.38. The van der Waals surface area contributed by atoms with Crippen molar-refractivity contribution in [3.8, 4) is 0 Å². The number of nitrogens with one attached hydrogen (secondary N) is 1. The Hall–Kier alpha value is -1.76. The van der Waals surface area contributed by atoms with Crippen LogP contribution in [-0.2, 0) is 0 Å². The van der Waals surface area contributed by atoms with Gasteiger partial charge in [0.25, 0.3) is 5.91 Å². The number of aromatic nitrogens is 1. The number of amides is 1. The van der Waals surface area contributed by atoms with Gasteiger partial charge in [0.2, 0.25) is 0 Å². The van der Waals surface area contributed by atoms with E-state index in [-0.39, 0.29) is 11.7 Å². The van der Waals surface area contributed by atoms with Crippen LogP contribution in [-0.4, -0.2) is 40.5 Å². The molecule has 6 nitrogen and oxygen atoms in total. The molecular formula is C10H14N4O2S. The average molecular weight is 254 g/mol. The van der Waals surface area contributed by atoms with Crippen LogP contribution >= 0.6 is 11.8 Å². The number of carbonyl (C=O) groups excluding carboxylic acids is 1. The topological polar surface area (TPSA) is 101 Å². The van der Waals surface area contributed by atoms with Gasteiger partial charge < -0.3 is 16.3 Å². The largest absolute Gasteiger partial charge is 0.409 e. The van der Waals surface area contributed by atoms with E-state index in [0.717, 1.165) is 5.75 Å². The van der Waals surface area contributed by atoms with Crippen LogP contribution in [0.15, 0.2) is 23.5 Å². The third kappa shape index (κ3) is 3.95. The molecule has 0 radical (unpaired) electrons. The van der Waals surface area contributed by atoms with Crippen LogP contribution in [0.2, 0.25) is 0 Å². The van der Waals surface area contributed by atoms with Crippen LogP contribution in [0, 0.1) is 0 Å². The van der Waals surface area contributed by atoms with E-state index in [4.69, 9.17) is 10.9 Å². The maximum absolute atomic E-state index is 11.6. The van der Waals surface area contributed by atoms with Crippen LogP contribution in [0.3, 0.4) is 0 Å². The van der Waals surface area contributed by atoms with Gasteiger partial charge in [-0.05, 0) is 18.4 Å². The van der Waals surface area contributed by atoms with Crippen molar-refractivity contribution >= 4 is 23.5 Å². The summed E-state index contributed by atoms with van der Waals surface area (Å²) >= 11 is 1.65. The maximum atomic E-state index is 11.6. The molecule has 92 valence electrons. The van der Waals surface area contributed by atoms with Gasteiger partial charge >= 0.3 is 0 Å². The van der Waals surface area contributed by atoms with Crippen molar-refractivity contribution in [1.82, 2.24) is 10.3 Å². The molecular weight excluding hydrogens is 240 g/mol. The SMILES string of the molecule is CSCCNC(=O)c1ccc(C(N)=NO)cn1. The lowest BCUT2D eigenvalue weighted by Crippen LogP contribution is -2.26. The first-order chi connectivity index (χ1) is 8.19. The van der Waals surface area contributed by atoms with Crippen LogP contribution in [0.25, 0.3) is 0 Å². The summed E-state index contributed by atoms with van der Waals surface area (Å²) in [6.45, 7) is 0.601. The highest BCUT2D eigenvalue weighted by Crippen LogP contribution is 2.00. The molecule has 0 bridgehead atoms.